The van der Waals surface area contributed by atoms with Gasteiger partial charge in [-0.15, -0.1) is 0 Å². The molecule has 0 fully saturated rings. The quantitative estimate of drug-likeness (QED) is 0.263. The van der Waals surface area contributed by atoms with Crippen LogP contribution in [-0.2, 0) is 16.1 Å². The zero-order valence-corrected chi connectivity index (χ0v) is 13.5. The van der Waals surface area contributed by atoms with E-state index < -0.39 is 47.2 Å². The fourth-order valence-electron chi connectivity index (χ4n) is 2.30. The van der Waals surface area contributed by atoms with Crippen LogP contribution in [0, 0.1) is 29.1 Å². The van der Waals surface area contributed by atoms with Crippen molar-refractivity contribution in [3.8, 4) is 11.5 Å². The highest BCUT2D eigenvalue weighted by Crippen LogP contribution is 2.31. The van der Waals surface area contributed by atoms with Crippen LogP contribution in [0.4, 0.5) is 22.0 Å². The van der Waals surface area contributed by atoms with Gasteiger partial charge in [-0.3, -0.25) is 0 Å². The third-order valence-corrected chi connectivity index (χ3v) is 3.64. The van der Waals surface area contributed by atoms with E-state index in [1.54, 1.807) is 18.2 Å². The Labute approximate surface area is 149 Å². The summed E-state index contributed by atoms with van der Waals surface area (Å²) in [5, 5.41) is 0. The maximum Gasteiger partial charge on any atom is 0.331 e. The Morgan fingerprint density at radius 1 is 0.926 bits per heavy atom. The van der Waals surface area contributed by atoms with Gasteiger partial charge in [-0.2, -0.15) is 0 Å². The van der Waals surface area contributed by atoms with Gasteiger partial charge >= 0.3 is 5.97 Å². The molecule has 0 radical (unpaired) electrons. The summed E-state index contributed by atoms with van der Waals surface area (Å²) in [4.78, 5) is 11.7. The summed E-state index contributed by atoms with van der Waals surface area (Å²) in [6.07, 6.45) is 2.27. The van der Waals surface area contributed by atoms with E-state index in [9.17, 15) is 26.7 Å². The number of rotatable bonds is 4. The molecule has 0 saturated heterocycles. The number of carbonyl (C=O) groups is 1. The molecule has 2 aromatic rings. The topological polar surface area (TPSA) is 44.8 Å². The molecule has 0 amide bonds. The molecule has 9 heteroatoms. The Hall–Kier alpha value is -3.10. The van der Waals surface area contributed by atoms with Gasteiger partial charge in [-0.1, -0.05) is 6.07 Å². The lowest BCUT2D eigenvalue weighted by Gasteiger charge is -2.18. The zero-order chi connectivity index (χ0) is 19.6. The normalized spacial score (nSPS) is 13.1. The fourth-order valence-corrected chi connectivity index (χ4v) is 2.30. The van der Waals surface area contributed by atoms with Crippen molar-refractivity contribution in [2.24, 2.45) is 0 Å². The maximum absolute atomic E-state index is 13.5. The molecule has 0 saturated carbocycles. The summed E-state index contributed by atoms with van der Waals surface area (Å²) in [7, 11) is 0. The molecule has 1 aliphatic heterocycles. The number of halogens is 5. The second-order valence-electron chi connectivity index (χ2n) is 5.39. The predicted octanol–water partition coefficient (Wildman–Crippen LogP) is 3.91. The summed E-state index contributed by atoms with van der Waals surface area (Å²) >= 11 is 0. The largest absolute Gasteiger partial charge is 0.486 e. The van der Waals surface area contributed by atoms with Crippen LogP contribution < -0.4 is 9.47 Å². The minimum Gasteiger partial charge on any atom is -0.486 e. The highest BCUT2D eigenvalue weighted by molar-refractivity contribution is 5.87. The molecule has 27 heavy (non-hydrogen) atoms. The summed E-state index contributed by atoms with van der Waals surface area (Å²) < 4.78 is 81.4. The second-order valence-corrected chi connectivity index (χ2v) is 5.39. The number of benzene rings is 2. The molecule has 4 nitrogen and oxygen atoms in total. The van der Waals surface area contributed by atoms with E-state index in [2.05, 4.69) is 4.74 Å². The Balaban J connectivity index is 1.68. The van der Waals surface area contributed by atoms with Crippen LogP contribution in [0.5, 0.6) is 11.5 Å². The fraction of sp³-hybridized carbons (Fsp3) is 0.167. The Morgan fingerprint density at radius 3 is 2.19 bits per heavy atom. The lowest BCUT2D eigenvalue weighted by Crippen LogP contribution is -2.15. The van der Waals surface area contributed by atoms with Crippen LogP contribution in [0.1, 0.15) is 11.1 Å². The zero-order valence-electron chi connectivity index (χ0n) is 13.5. The van der Waals surface area contributed by atoms with Crippen LogP contribution in [-0.4, -0.2) is 19.2 Å². The third kappa shape index (κ3) is 3.86. The summed E-state index contributed by atoms with van der Waals surface area (Å²) in [6.45, 7) is -0.313. The first kappa shape index (κ1) is 18.7. The van der Waals surface area contributed by atoms with Crippen molar-refractivity contribution < 1.29 is 41.0 Å². The highest BCUT2D eigenvalue weighted by atomic mass is 19.2. The number of esters is 1. The van der Waals surface area contributed by atoms with E-state index in [1.807, 2.05) is 0 Å². The number of carbonyl (C=O) groups excluding carboxylic acids is 1. The Bertz CT molecular complexity index is 897. The first-order chi connectivity index (χ1) is 12.9. The van der Waals surface area contributed by atoms with Gasteiger partial charge in [0.15, 0.2) is 34.8 Å². The Kier molecular flexibility index (Phi) is 5.29. The number of hydrogen-bond donors (Lipinski definition) is 0. The molecule has 1 heterocycles. The van der Waals surface area contributed by atoms with Gasteiger partial charge in [0.1, 0.15) is 19.8 Å². The van der Waals surface area contributed by atoms with Crippen LogP contribution in [0.15, 0.2) is 24.3 Å². The standard InChI is InChI=1S/C18H11F5O4/c19-14-10(15(20)17(22)18(23)16(14)21)8-27-13(24)4-2-9-1-3-11-12(7-9)26-6-5-25-11/h1-4,7H,5-6,8H2/b4-2+. The second kappa shape index (κ2) is 7.65. The van der Waals surface area contributed by atoms with Gasteiger partial charge in [0.2, 0.25) is 5.82 Å². The van der Waals surface area contributed by atoms with E-state index in [0.29, 0.717) is 30.3 Å². The first-order valence-corrected chi connectivity index (χ1v) is 7.63. The summed E-state index contributed by atoms with van der Waals surface area (Å²) in [6, 6.07) is 4.86. The first-order valence-electron chi connectivity index (χ1n) is 7.63. The van der Waals surface area contributed by atoms with Crippen LogP contribution in [0.2, 0.25) is 0 Å². The third-order valence-electron chi connectivity index (χ3n) is 3.64. The van der Waals surface area contributed by atoms with Crippen molar-refractivity contribution in [3.05, 3.63) is 64.5 Å². The van der Waals surface area contributed by atoms with Crippen LogP contribution in [0.3, 0.4) is 0 Å². The van der Waals surface area contributed by atoms with Crippen molar-refractivity contribution in [1.29, 1.82) is 0 Å². The SMILES string of the molecule is O=C(/C=C/c1ccc2c(c1)OCCO2)OCc1c(F)c(F)c(F)c(F)c1F. The van der Waals surface area contributed by atoms with E-state index in [0.717, 1.165) is 6.08 Å². The number of hydrogen-bond acceptors (Lipinski definition) is 4. The van der Waals surface area contributed by atoms with Gasteiger partial charge in [-0.25, -0.2) is 26.7 Å². The van der Waals surface area contributed by atoms with Crippen LogP contribution >= 0.6 is 0 Å². The van der Waals surface area contributed by atoms with Gasteiger partial charge in [0.05, 0.1) is 5.56 Å². The molecular weight excluding hydrogens is 375 g/mol. The van der Waals surface area contributed by atoms with Gasteiger partial charge < -0.3 is 14.2 Å². The minimum atomic E-state index is -2.28. The summed E-state index contributed by atoms with van der Waals surface area (Å²) in [5.41, 5.74) is -0.681. The molecule has 0 spiro atoms. The van der Waals surface area contributed by atoms with Gasteiger partial charge in [0.25, 0.3) is 0 Å². The number of fused-ring (bicyclic) bond motifs is 1. The number of ether oxygens (including phenoxy) is 3. The van der Waals surface area contributed by atoms with E-state index in [-0.39, 0.29) is 0 Å². The van der Waals surface area contributed by atoms with Crippen molar-refractivity contribution in [3.63, 3.8) is 0 Å². The van der Waals surface area contributed by atoms with Gasteiger partial charge in [0, 0.05) is 6.08 Å². The predicted molar refractivity (Wildman–Crippen MR) is 82.5 cm³/mol. The van der Waals surface area contributed by atoms with E-state index >= 15 is 0 Å². The molecule has 3 rings (SSSR count). The Morgan fingerprint density at radius 2 is 1.52 bits per heavy atom. The smallest absolute Gasteiger partial charge is 0.331 e. The average molecular weight is 386 g/mol. The van der Waals surface area contributed by atoms with Gasteiger partial charge in [-0.05, 0) is 23.8 Å². The van der Waals surface area contributed by atoms with Crippen molar-refractivity contribution in [1.82, 2.24) is 0 Å². The lowest BCUT2D eigenvalue weighted by atomic mass is 10.1. The van der Waals surface area contributed by atoms with Crippen molar-refractivity contribution in [2.75, 3.05) is 13.2 Å². The van der Waals surface area contributed by atoms with E-state index in [1.165, 1.54) is 6.08 Å². The molecule has 0 atom stereocenters. The summed E-state index contributed by atoms with van der Waals surface area (Å²) in [5.74, 6) is -10.6. The lowest BCUT2D eigenvalue weighted by molar-refractivity contribution is -0.139. The highest BCUT2D eigenvalue weighted by Gasteiger charge is 2.26. The monoisotopic (exact) mass is 386 g/mol. The molecule has 1 aliphatic rings. The van der Waals surface area contributed by atoms with Crippen LogP contribution in [0.25, 0.3) is 6.08 Å². The molecule has 0 N–H and O–H groups in total. The molecule has 142 valence electrons. The minimum absolute atomic E-state index is 0.379. The van der Waals surface area contributed by atoms with Crippen molar-refractivity contribution in [2.45, 2.75) is 6.61 Å². The molecular formula is C18H11F5O4. The molecule has 0 bridgehead atoms. The molecule has 0 aromatic heterocycles. The maximum atomic E-state index is 13.5. The molecule has 0 unspecified atom stereocenters. The molecule has 2 aromatic carbocycles. The van der Waals surface area contributed by atoms with Crippen molar-refractivity contribution >= 4 is 12.0 Å². The van der Waals surface area contributed by atoms with E-state index in [4.69, 9.17) is 9.47 Å². The molecule has 0 aliphatic carbocycles. The average Bonchev–Trinajstić information content (AvgIpc) is 2.69.